The van der Waals surface area contributed by atoms with E-state index in [0.29, 0.717) is 11.1 Å². The lowest BCUT2D eigenvalue weighted by atomic mass is 10.0. The van der Waals surface area contributed by atoms with Gasteiger partial charge in [-0.15, -0.1) is 12.4 Å². The number of hydrogen-bond donors (Lipinski definition) is 1. The first-order chi connectivity index (χ1) is 8.08. The summed E-state index contributed by atoms with van der Waals surface area (Å²) in [5.74, 6) is -0.821. The highest BCUT2D eigenvalue weighted by Crippen LogP contribution is 2.16. The Kier molecular flexibility index (Phi) is 7.00. The summed E-state index contributed by atoms with van der Waals surface area (Å²) in [6, 6.07) is 6.19. The molecule has 1 rings (SSSR count). The first kappa shape index (κ1) is 16.4. The Bertz CT molecular complexity index is 422. The third-order valence-electron chi connectivity index (χ3n) is 2.35. The van der Waals surface area contributed by atoms with Crippen molar-refractivity contribution in [1.29, 1.82) is 0 Å². The number of ether oxygens (including phenoxy) is 2. The molecule has 1 aromatic rings. The molecule has 0 saturated carbocycles. The van der Waals surface area contributed by atoms with Crippen molar-refractivity contribution in [2.75, 3.05) is 14.2 Å². The van der Waals surface area contributed by atoms with Crippen molar-refractivity contribution in [1.82, 2.24) is 0 Å². The minimum atomic E-state index is -0.493. The van der Waals surface area contributed by atoms with Gasteiger partial charge in [0.1, 0.15) is 0 Å². The number of methoxy groups -OCH3 is 2. The second-order valence-electron chi connectivity index (χ2n) is 3.50. The van der Waals surface area contributed by atoms with E-state index in [1.54, 1.807) is 24.3 Å². The first-order valence-corrected chi connectivity index (χ1v) is 5.09. The summed E-state index contributed by atoms with van der Waals surface area (Å²) in [5, 5.41) is 0. The second-order valence-corrected chi connectivity index (χ2v) is 3.50. The maximum absolute atomic E-state index is 11.3. The molecule has 0 heterocycles. The van der Waals surface area contributed by atoms with Gasteiger partial charge in [-0.1, -0.05) is 12.1 Å². The van der Waals surface area contributed by atoms with Gasteiger partial charge in [0.15, 0.2) is 0 Å². The van der Waals surface area contributed by atoms with E-state index in [2.05, 4.69) is 9.47 Å². The van der Waals surface area contributed by atoms with Crippen molar-refractivity contribution in [3.05, 3.63) is 35.4 Å². The van der Waals surface area contributed by atoms with Crippen LogP contribution in [0.5, 0.6) is 0 Å². The van der Waals surface area contributed by atoms with Gasteiger partial charge < -0.3 is 15.2 Å². The van der Waals surface area contributed by atoms with E-state index in [9.17, 15) is 9.59 Å². The molecule has 6 heteroatoms. The zero-order valence-corrected chi connectivity index (χ0v) is 11.0. The third kappa shape index (κ3) is 4.35. The van der Waals surface area contributed by atoms with Crippen LogP contribution < -0.4 is 5.73 Å². The fourth-order valence-electron chi connectivity index (χ4n) is 1.39. The molecular formula is C12H16ClNO4. The molecule has 0 aliphatic heterocycles. The maximum atomic E-state index is 11.3. The van der Waals surface area contributed by atoms with Gasteiger partial charge >= 0.3 is 11.9 Å². The number of carbonyl (C=O) groups is 2. The Labute approximate surface area is 112 Å². The largest absolute Gasteiger partial charge is 0.469 e. The van der Waals surface area contributed by atoms with Crippen LogP contribution in [0.3, 0.4) is 0 Å². The predicted octanol–water partition coefficient (Wildman–Crippen LogP) is 1.46. The quantitative estimate of drug-likeness (QED) is 0.840. The smallest absolute Gasteiger partial charge is 0.337 e. The molecular weight excluding hydrogens is 258 g/mol. The first-order valence-electron chi connectivity index (χ1n) is 5.09. The normalized spacial score (nSPS) is 11.1. The number of benzene rings is 1. The number of esters is 2. The average Bonchev–Trinajstić information content (AvgIpc) is 2.37. The molecule has 0 unspecified atom stereocenters. The monoisotopic (exact) mass is 273 g/mol. The zero-order chi connectivity index (χ0) is 12.8. The van der Waals surface area contributed by atoms with Gasteiger partial charge in [-0.3, -0.25) is 4.79 Å². The lowest BCUT2D eigenvalue weighted by molar-refractivity contribution is -0.141. The van der Waals surface area contributed by atoms with Gasteiger partial charge in [-0.2, -0.15) is 0 Å². The topological polar surface area (TPSA) is 78.6 Å². The van der Waals surface area contributed by atoms with Crippen LogP contribution in [0.15, 0.2) is 24.3 Å². The fourth-order valence-corrected chi connectivity index (χ4v) is 1.39. The van der Waals surface area contributed by atoms with Crippen molar-refractivity contribution in [3.63, 3.8) is 0 Å². The summed E-state index contributed by atoms with van der Waals surface area (Å²) in [6.45, 7) is 0. The van der Waals surface area contributed by atoms with E-state index < -0.39 is 12.0 Å². The molecule has 1 aromatic carbocycles. The Hall–Kier alpha value is -1.59. The van der Waals surface area contributed by atoms with Gasteiger partial charge in [0.2, 0.25) is 0 Å². The number of carbonyl (C=O) groups excluding carboxylic acids is 2. The van der Waals surface area contributed by atoms with Crippen LogP contribution in [0, 0.1) is 0 Å². The van der Waals surface area contributed by atoms with E-state index in [0.717, 1.165) is 0 Å². The summed E-state index contributed by atoms with van der Waals surface area (Å²) in [6.07, 6.45) is 0.0706. The number of nitrogens with two attached hydrogens (primary N) is 1. The SMILES string of the molecule is COC(=O)C[C@@H](N)c1cccc(C(=O)OC)c1.Cl. The highest BCUT2D eigenvalue weighted by atomic mass is 35.5. The van der Waals surface area contributed by atoms with Crippen LogP contribution >= 0.6 is 12.4 Å². The van der Waals surface area contributed by atoms with E-state index in [4.69, 9.17) is 5.73 Å². The van der Waals surface area contributed by atoms with Crippen LogP contribution in [0.1, 0.15) is 28.4 Å². The molecule has 0 aliphatic carbocycles. The summed E-state index contributed by atoms with van der Waals surface area (Å²) in [5.41, 5.74) is 6.93. The lowest BCUT2D eigenvalue weighted by Gasteiger charge is -2.11. The molecule has 2 N–H and O–H groups in total. The Balaban J connectivity index is 0.00000289. The maximum Gasteiger partial charge on any atom is 0.337 e. The van der Waals surface area contributed by atoms with Crippen molar-refractivity contribution >= 4 is 24.3 Å². The molecule has 0 spiro atoms. The van der Waals surface area contributed by atoms with Gasteiger partial charge in [0.05, 0.1) is 26.2 Å². The molecule has 5 nitrogen and oxygen atoms in total. The molecule has 0 amide bonds. The molecule has 18 heavy (non-hydrogen) atoms. The van der Waals surface area contributed by atoms with Crippen molar-refractivity contribution in [2.45, 2.75) is 12.5 Å². The summed E-state index contributed by atoms with van der Waals surface area (Å²) in [7, 11) is 2.61. The van der Waals surface area contributed by atoms with Gasteiger partial charge in [0.25, 0.3) is 0 Å². The number of rotatable bonds is 4. The summed E-state index contributed by atoms with van der Waals surface area (Å²) in [4.78, 5) is 22.4. The highest BCUT2D eigenvalue weighted by Gasteiger charge is 2.14. The van der Waals surface area contributed by atoms with Gasteiger partial charge in [-0.05, 0) is 17.7 Å². The van der Waals surface area contributed by atoms with Crippen LogP contribution in [0.25, 0.3) is 0 Å². The fraction of sp³-hybridized carbons (Fsp3) is 0.333. The second kappa shape index (κ2) is 7.68. The Morgan fingerprint density at radius 3 is 2.50 bits per heavy atom. The standard InChI is InChI=1S/C12H15NO4.ClH/c1-16-11(14)7-10(13)8-4-3-5-9(6-8)12(15)17-2;/h3-6,10H,7,13H2,1-2H3;1H/t10-;/m1./s1. The molecule has 0 saturated heterocycles. The number of halogens is 1. The lowest BCUT2D eigenvalue weighted by Crippen LogP contribution is -2.16. The van der Waals surface area contributed by atoms with E-state index >= 15 is 0 Å². The van der Waals surface area contributed by atoms with Crippen LogP contribution in [0.2, 0.25) is 0 Å². The van der Waals surface area contributed by atoms with E-state index in [1.165, 1.54) is 14.2 Å². The molecule has 100 valence electrons. The minimum Gasteiger partial charge on any atom is -0.469 e. The van der Waals surface area contributed by atoms with Crippen molar-refractivity contribution in [3.8, 4) is 0 Å². The molecule has 1 atom stereocenters. The molecule has 0 radical (unpaired) electrons. The third-order valence-corrected chi connectivity index (χ3v) is 2.35. The zero-order valence-electron chi connectivity index (χ0n) is 10.2. The van der Waals surface area contributed by atoms with E-state index in [-0.39, 0.29) is 24.8 Å². The van der Waals surface area contributed by atoms with Crippen molar-refractivity contribution in [2.24, 2.45) is 5.73 Å². The average molecular weight is 274 g/mol. The Morgan fingerprint density at radius 2 is 1.94 bits per heavy atom. The van der Waals surface area contributed by atoms with E-state index in [1.807, 2.05) is 0 Å². The predicted molar refractivity (Wildman–Crippen MR) is 68.6 cm³/mol. The Morgan fingerprint density at radius 1 is 1.28 bits per heavy atom. The molecule has 0 aliphatic rings. The van der Waals surface area contributed by atoms with Gasteiger partial charge in [0, 0.05) is 6.04 Å². The summed E-state index contributed by atoms with van der Waals surface area (Å²) >= 11 is 0. The molecule has 0 bridgehead atoms. The molecule has 0 aromatic heterocycles. The van der Waals surface area contributed by atoms with Crippen LogP contribution in [-0.2, 0) is 14.3 Å². The van der Waals surface area contributed by atoms with Crippen LogP contribution in [-0.4, -0.2) is 26.2 Å². The van der Waals surface area contributed by atoms with Crippen molar-refractivity contribution < 1.29 is 19.1 Å². The van der Waals surface area contributed by atoms with Crippen LogP contribution in [0.4, 0.5) is 0 Å². The van der Waals surface area contributed by atoms with Gasteiger partial charge in [-0.25, -0.2) is 4.79 Å². The highest BCUT2D eigenvalue weighted by molar-refractivity contribution is 5.89. The number of hydrogen-bond acceptors (Lipinski definition) is 5. The minimum absolute atomic E-state index is 0. The summed E-state index contributed by atoms with van der Waals surface area (Å²) < 4.78 is 9.13. The molecule has 0 fully saturated rings.